The Kier molecular flexibility index (Phi) is 0.821. The molecule has 36 valence electrons. The predicted molar refractivity (Wildman–Crippen MR) is 21.4 cm³/mol. The maximum absolute atomic E-state index is 8.57. The molecule has 0 unspecified atom stereocenters. The van der Waals surface area contributed by atoms with E-state index in [1.54, 1.807) is 6.92 Å². The fourth-order valence-corrected chi connectivity index (χ4v) is 0.334. The number of hydrogen-bond donors (Lipinski definition) is 1. The van der Waals surface area contributed by atoms with Crippen LogP contribution in [-0.4, -0.2) is 23.9 Å². The van der Waals surface area contributed by atoms with Gasteiger partial charge in [0.2, 0.25) is 0 Å². The molecule has 0 aromatic carbocycles. The van der Waals surface area contributed by atoms with Gasteiger partial charge in [0, 0.05) is 0 Å². The van der Waals surface area contributed by atoms with Crippen LogP contribution in [0, 0.1) is 0 Å². The molecule has 6 heavy (non-hydrogen) atoms. The molecule has 2 atom stereocenters. The second-order valence-corrected chi connectivity index (χ2v) is 1.61. The Morgan fingerprint density at radius 2 is 2.50 bits per heavy atom. The van der Waals surface area contributed by atoms with Crippen molar-refractivity contribution in [2.75, 3.05) is 6.61 Å². The summed E-state index contributed by atoms with van der Waals surface area (Å²) < 4.78 is 4.72. The summed E-state index contributed by atoms with van der Waals surface area (Å²) in [6, 6.07) is 0. The van der Waals surface area contributed by atoms with Crippen LogP contribution < -0.4 is 0 Å². The summed E-state index contributed by atoms with van der Waals surface area (Å²) in [6.07, 6.45) is -0.102. The summed E-state index contributed by atoms with van der Waals surface area (Å²) in [6.45, 7) is 2.48. The molecule has 0 spiro atoms. The minimum atomic E-state index is -0.259. The zero-order chi connectivity index (χ0) is 4.57. The van der Waals surface area contributed by atoms with Crippen LogP contribution in [0.2, 0.25) is 0 Å². The van der Waals surface area contributed by atoms with Crippen molar-refractivity contribution < 1.29 is 9.84 Å². The molecule has 0 bridgehead atoms. The average molecular weight is 88.1 g/mol. The summed E-state index contributed by atoms with van der Waals surface area (Å²) in [4.78, 5) is 0. The smallest absolute Gasteiger partial charge is 0.106 e. The highest BCUT2D eigenvalue weighted by atomic mass is 16.6. The molecule has 1 rings (SSSR count). The molecular weight excluding hydrogens is 80.0 g/mol. The van der Waals surface area contributed by atoms with Gasteiger partial charge >= 0.3 is 0 Å². The molecule has 0 amide bonds. The molecule has 2 heteroatoms. The van der Waals surface area contributed by atoms with Crippen LogP contribution >= 0.6 is 0 Å². The maximum Gasteiger partial charge on any atom is 0.106 e. The number of ether oxygens (including phenoxy) is 1. The third kappa shape index (κ3) is 0.698. The quantitative estimate of drug-likeness (QED) is 0.449. The molecule has 2 nitrogen and oxygen atoms in total. The van der Waals surface area contributed by atoms with E-state index in [1.165, 1.54) is 0 Å². The molecule has 1 aliphatic rings. The number of epoxide rings is 1. The highest BCUT2D eigenvalue weighted by molar-refractivity contribution is 4.73. The highest BCUT2D eigenvalue weighted by Gasteiger charge is 2.27. The Morgan fingerprint density at radius 1 is 2.00 bits per heavy atom. The Bertz CT molecular complexity index is 47.5. The summed E-state index contributed by atoms with van der Waals surface area (Å²) in [5.74, 6) is 0. The van der Waals surface area contributed by atoms with E-state index < -0.39 is 0 Å². The van der Waals surface area contributed by atoms with Gasteiger partial charge in [-0.05, 0) is 6.92 Å². The fraction of sp³-hybridized carbons (Fsp3) is 1.00. The SMILES string of the molecule is C[C@@H](O)[C@H]1CO1. The number of aliphatic hydroxyl groups is 1. The van der Waals surface area contributed by atoms with E-state index in [9.17, 15) is 0 Å². The summed E-state index contributed by atoms with van der Waals surface area (Å²) in [7, 11) is 0. The van der Waals surface area contributed by atoms with Gasteiger partial charge in [0.05, 0.1) is 12.7 Å². The van der Waals surface area contributed by atoms with Crippen molar-refractivity contribution in [3.05, 3.63) is 0 Å². The van der Waals surface area contributed by atoms with Crippen LogP contribution in [0.1, 0.15) is 6.92 Å². The van der Waals surface area contributed by atoms with Gasteiger partial charge in [-0.25, -0.2) is 0 Å². The van der Waals surface area contributed by atoms with E-state index in [0.29, 0.717) is 0 Å². The van der Waals surface area contributed by atoms with E-state index in [-0.39, 0.29) is 12.2 Å². The second kappa shape index (κ2) is 1.21. The Morgan fingerprint density at radius 3 is 2.50 bits per heavy atom. The molecule has 1 N–H and O–H groups in total. The highest BCUT2D eigenvalue weighted by Crippen LogP contribution is 2.12. The molecule has 1 fully saturated rings. The topological polar surface area (TPSA) is 32.8 Å². The Hall–Kier alpha value is -0.0800. The van der Waals surface area contributed by atoms with Crippen molar-refractivity contribution in [1.82, 2.24) is 0 Å². The molecule has 0 radical (unpaired) electrons. The van der Waals surface area contributed by atoms with Crippen LogP contribution in [0.4, 0.5) is 0 Å². The van der Waals surface area contributed by atoms with Gasteiger partial charge in [0.1, 0.15) is 6.10 Å². The van der Waals surface area contributed by atoms with Gasteiger partial charge in [-0.1, -0.05) is 0 Å². The van der Waals surface area contributed by atoms with Crippen molar-refractivity contribution in [3.63, 3.8) is 0 Å². The average Bonchev–Trinajstić information content (AvgIpc) is 2.06. The van der Waals surface area contributed by atoms with Crippen molar-refractivity contribution in [2.24, 2.45) is 0 Å². The van der Waals surface area contributed by atoms with Crippen LogP contribution in [0.25, 0.3) is 0 Å². The molecule has 1 heterocycles. The molecular formula is C4H8O2. The van der Waals surface area contributed by atoms with Crippen molar-refractivity contribution in [3.8, 4) is 0 Å². The Labute approximate surface area is 36.7 Å². The van der Waals surface area contributed by atoms with Gasteiger partial charge in [0.15, 0.2) is 0 Å². The van der Waals surface area contributed by atoms with Crippen LogP contribution in [-0.2, 0) is 4.74 Å². The summed E-state index contributed by atoms with van der Waals surface area (Å²) in [5.41, 5.74) is 0. The van der Waals surface area contributed by atoms with Gasteiger partial charge in [-0.15, -0.1) is 0 Å². The number of rotatable bonds is 1. The first kappa shape index (κ1) is 4.09. The number of hydrogen-bond acceptors (Lipinski definition) is 2. The fourth-order valence-electron chi connectivity index (χ4n) is 0.334. The van der Waals surface area contributed by atoms with Crippen molar-refractivity contribution in [1.29, 1.82) is 0 Å². The minimum absolute atomic E-state index is 0.157. The Balaban J connectivity index is 2.13. The molecule has 0 saturated carbocycles. The molecule has 0 aliphatic carbocycles. The van der Waals surface area contributed by atoms with Crippen molar-refractivity contribution >= 4 is 0 Å². The lowest BCUT2D eigenvalue weighted by Gasteiger charge is -1.90. The van der Waals surface area contributed by atoms with Gasteiger partial charge in [-0.2, -0.15) is 0 Å². The first-order valence-electron chi connectivity index (χ1n) is 2.10. The maximum atomic E-state index is 8.57. The molecule has 1 aliphatic heterocycles. The molecule has 0 aromatic rings. The zero-order valence-electron chi connectivity index (χ0n) is 3.72. The van der Waals surface area contributed by atoms with Crippen LogP contribution in [0.15, 0.2) is 0 Å². The summed E-state index contributed by atoms with van der Waals surface area (Å²) >= 11 is 0. The molecule has 1 saturated heterocycles. The monoisotopic (exact) mass is 88.1 g/mol. The van der Waals surface area contributed by atoms with E-state index >= 15 is 0 Å². The van der Waals surface area contributed by atoms with E-state index in [1.807, 2.05) is 0 Å². The van der Waals surface area contributed by atoms with E-state index in [0.717, 1.165) is 6.61 Å². The van der Waals surface area contributed by atoms with E-state index in [4.69, 9.17) is 9.84 Å². The first-order valence-corrected chi connectivity index (χ1v) is 2.10. The lowest BCUT2D eigenvalue weighted by molar-refractivity contribution is 0.153. The first-order chi connectivity index (χ1) is 2.80. The van der Waals surface area contributed by atoms with E-state index in [2.05, 4.69) is 0 Å². The third-order valence-electron chi connectivity index (χ3n) is 0.897. The predicted octanol–water partition coefficient (Wildman–Crippen LogP) is -0.234. The zero-order valence-corrected chi connectivity index (χ0v) is 3.72. The van der Waals surface area contributed by atoms with Crippen LogP contribution in [0.3, 0.4) is 0 Å². The third-order valence-corrected chi connectivity index (χ3v) is 0.897. The second-order valence-electron chi connectivity index (χ2n) is 1.61. The largest absolute Gasteiger partial charge is 0.391 e. The standard InChI is InChI=1S/C4H8O2/c1-3(5)4-2-6-4/h3-5H,2H2,1H3/t3-,4-/m1/s1. The van der Waals surface area contributed by atoms with Crippen LogP contribution in [0.5, 0.6) is 0 Å². The normalized spacial score (nSPS) is 36.0. The van der Waals surface area contributed by atoms with Gasteiger partial charge in [-0.3, -0.25) is 0 Å². The number of aliphatic hydroxyl groups excluding tert-OH is 1. The van der Waals surface area contributed by atoms with Gasteiger partial charge < -0.3 is 9.84 Å². The van der Waals surface area contributed by atoms with Gasteiger partial charge in [0.25, 0.3) is 0 Å². The van der Waals surface area contributed by atoms with Crippen molar-refractivity contribution in [2.45, 2.75) is 19.1 Å². The minimum Gasteiger partial charge on any atom is -0.391 e. The summed E-state index contributed by atoms with van der Waals surface area (Å²) in [5, 5.41) is 8.57. The molecule has 0 aromatic heterocycles. The lowest BCUT2D eigenvalue weighted by Crippen LogP contribution is -2.07. The lowest BCUT2D eigenvalue weighted by atomic mass is 10.3.